The van der Waals surface area contributed by atoms with Crippen molar-refractivity contribution in [3.63, 3.8) is 0 Å². The van der Waals surface area contributed by atoms with Crippen molar-refractivity contribution in [1.82, 2.24) is 9.88 Å². The molecule has 1 N–H and O–H groups in total. The average Bonchev–Trinajstić information content (AvgIpc) is 2.64. The average molecular weight is 319 g/mol. The Morgan fingerprint density at radius 1 is 1.53 bits per heavy atom. The van der Waals surface area contributed by atoms with E-state index in [4.69, 9.17) is 0 Å². The zero-order valence-corrected chi connectivity index (χ0v) is 12.6. The Morgan fingerprint density at radius 3 is 3.00 bits per heavy atom. The van der Waals surface area contributed by atoms with Gasteiger partial charge in [0.1, 0.15) is 10.2 Å². The molecule has 0 amide bonds. The molecular formula is C12H19BrN2OS. The minimum absolute atomic E-state index is 0.678. The minimum atomic E-state index is -0.678. The highest BCUT2D eigenvalue weighted by molar-refractivity contribution is 9.10. The minimum Gasteiger partial charge on any atom is -0.384 e. The maximum absolute atomic E-state index is 10.8. The highest BCUT2D eigenvalue weighted by atomic mass is 79.9. The van der Waals surface area contributed by atoms with E-state index in [0.717, 1.165) is 48.4 Å². The van der Waals surface area contributed by atoms with Gasteiger partial charge in [-0.2, -0.15) is 0 Å². The first-order valence-corrected chi connectivity index (χ1v) is 7.87. The van der Waals surface area contributed by atoms with Crippen molar-refractivity contribution in [2.75, 3.05) is 19.6 Å². The van der Waals surface area contributed by atoms with Gasteiger partial charge in [-0.15, -0.1) is 11.3 Å². The second kappa shape index (κ2) is 5.78. The zero-order chi connectivity index (χ0) is 12.3. The monoisotopic (exact) mass is 318 g/mol. The standard InChI is InChI=1S/C12H19BrN2OS/c1-2-6-15-7-3-4-12(16,5-8-15)10-11(13)14-9-17-10/h9,16H,2-8H2,1H3. The molecule has 3 nitrogen and oxygen atoms in total. The molecule has 1 fully saturated rings. The normalized spacial score (nSPS) is 27.0. The van der Waals surface area contributed by atoms with Crippen LogP contribution in [0.4, 0.5) is 0 Å². The number of hydrogen-bond donors (Lipinski definition) is 1. The second-order valence-corrected chi connectivity index (χ2v) is 6.30. The number of nitrogens with zero attached hydrogens (tertiary/aromatic N) is 2. The van der Waals surface area contributed by atoms with Crippen molar-refractivity contribution >= 4 is 27.3 Å². The summed E-state index contributed by atoms with van der Waals surface area (Å²) >= 11 is 4.99. The predicted octanol–water partition coefficient (Wildman–Crippen LogP) is 2.99. The highest BCUT2D eigenvalue weighted by Gasteiger charge is 2.34. The smallest absolute Gasteiger partial charge is 0.123 e. The second-order valence-electron chi connectivity index (χ2n) is 4.70. The van der Waals surface area contributed by atoms with E-state index in [9.17, 15) is 5.11 Å². The quantitative estimate of drug-likeness (QED) is 0.930. The van der Waals surface area contributed by atoms with Crippen LogP contribution in [0.15, 0.2) is 10.1 Å². The Hall–Kier alpha value is 0.0300. The van der Waals surface area contributed by atoms with Crippen LogP contribution in [-0.4, -0.2) is 34.6 Å². The van der Waals surface area contributed by atoms with Crippen molar-refractivity contribution < 1.29 is 5.11 Å². The van der Waals surface area contributed by atoms with Crippen LogP contribution in [-0.2, 0) is 5.60 Å². The molecular weight excluding hydrogens is 300 g/mol. The maximum atomic E-state index is 10.8. The Balaban J connectivity index is 2.09. The van der Waals surface area contributed by atoms with Gasteiger partial charge in [0.2, 0.25) is 0 Å². The Kier molecular flexibility index (Phi) is 4.58. The fourth-order valence-electron chi connectivity index (χ4n) is 2.48. The Labute approximate surface area is 115 Å². The van der Waals surface area contributed by atoms with Gasteiger partial charge < -0.3 is 10.0 Å². The Bertz CT molecular complexity index is 371. The summed E-state index contributed by atoms with van der Waals surface area (Å²) in [7, 11) is 0. The first-order valence-electron chi connectivity index (χ1n) is 6.20. The third kappa shape index (κ3) is 3.08. The van der Waals surface area contributed by atoms with Crippen molar-refractivity contribution in [2.45, 2.75) is 38.2 Å². The van der Waals surface area contributed by atoms with Crippen LogP contribution >= 0.6 is 27.3 Å². The third-order valence-electron chi connectivity index (χ3n) is 3.39. The molecule has 0 aliphatic carbocycles. The molecule has 2 rings (SSSR count). The van der Waals surface area contributed by atoms with Crippen molar-refractivity contribution in [2.24, 2.45) is 0 Å². The number of aliphatic hydroxyl groups is 1. The van der Waals surface area contributed by atoms with Gasteiger partial charge in [0.25, 0.3) is 0 Å². The fraction of sp³-hybridized carbons (Fsp3) is 0.750. The number of aromatic nitrogens is 1. The molecule has 0 aromatic carbocycles. The molecule has 0 radical (unpaired) electrons. The molecule has 1 aliphatic rings. The number of thiazole rings is 1. The highest BCUT2D eigenvalue weighted by Crippen LogP contribution is 2.38. The van der Waals surface area contributed by atoms with Crippen LogP contribution in [0.2, 0.25) is 0 Å². The fourth-order valence-corrected chi connectivity index (χ4v) is 4.20. The summed E-state index contributed by atoms with van der Waals surface area (Å²) in [5.41, 5.74) is 1.12. The van der Waals surface area contributed by atoms with Gasteiger partial charge in [-0.3, -0.25) is 0 Å². The van der Waals surface area contributed by atoms with Gasteiger partial charge in [0, 0.05) is 6.54 Å². The van der Waals surface area contributed by atoms with E-state index in [1.807, 2.05) is 0 Å². The van der Waals surface area contributed by atoms with Crippen molar-refractivity contribution in [3.8, 4) is 0 Å². The summed E-state index contributed by atoms with van der Waals surface area (Å²) in [6, 6.07) is 0. The molecule has 0 bridgehead atoms. The van der Waals surface area contributed by atoms with E-state index in [0.29, 0.717) is 0 Å². The molecule has 5 heteroatoms. The van der Waals surface area contributed by atoms with Gasteiger partial charge in [0.15, 0.2) is 0 Å². The van der Waals surface area contributed by atoms with Crippen molar-refractivity contribution in [1.29, 1.82) is 0 Å². The third-order valence-corrected chi connectivity index (χ3v) is 5.28. The lowest BCUT2D eigenvalue weighted by Crippen LogP contribution is -2.29. The number of likely N-dealkylation sites (tertiary alicyclic amines) is 1. The molecule has 0 spiro atoms. The molecule has 17 heavy (non-hydrogen) atoms. The summed E-state index contributed by atoms with van der Waals surface area (Å²) in [6.45, 7) is 5.43. The van der Waals surface area contributed by atoms with Crippen molar-refractivity contribution in [3.05, 3.63) is 15.0 Å². The lowest BCUT2D eigenvalue weighted by atomic mass is 9.94. The largest absolute Gasteiger partial charge is 0.384 e. The molecule has 1 aromatic heterocycles. The van der Waals surface area contributed by atoms with Gasteiger partial charge in [0.05, 0.1) is 10.4 Å². The first-order chi connectivity index (χ1) is 8.15. The van der Waals surface area contributed by atoms with Crippen LogP contribution in [0.5, 0.6) is 0 Å². The van der Waals surface area contributed by atoms with E-state index in [1.165, 1.54) is 6.42 Å². The molecule has 1 unspecified atom stereocenters. The van der Waals surface area contributed by atoms with Crippen LogP contribution in [0, 0.1) is 0 Å². The molecule has 0 saturated carbocycles. The van der Waals surface area contributed by atoms with E-state index < -0.39 is 5.60 Å². The Morgan fingerprint density at radius 2 is 2.35 bits per heavy atom. The zero-order valence-electron chi connectivity index (χ0n) is 10.2. The van der Waals surface area contributed by atoms with Crippen LogP contribution in [0.25, 0.3) is 0 Å². The van der Waals surface area contributed by atoms with Gasteiger partial charge in [-0.25, -0.2) is 4.98 Å². The molecule has 1 atom stereocenters. The summed E-state index contributed by atoms with van der Waals surface area (Å²) in [5, 5.41) is 10.8. The lowest BCUT2D eigenvalue weighted by Gasteiger charge is -2.25. The van der Waals surface area contributed by atoms with Gasteiger partial charge in [-0.05, 0) is 54.7 Å². The van der Waals surface area contributed by atoms with Crippen LogP contribution < -0.4 is 0 Å². The molecule has 1 aliphatic heterocycles. The van der Waals surface area contributed by atoms with Crippen LogP contribution in [0.1, 0.15) is 37.5 Å². The van der Waals surface area contributed by atoms with Gasteiger partial charge >= 0.3 is 0 Å². The van der Waals surface area contributed by atoms with E-state index >= 15 is 0 Å². The lowest BCUT2D eigenvalue weighted by molar-refractivity contribution is 0.0240. The summed E-state index contributed by atoms with van der Waals surface area (Å²) < 4.78 is 0.814. The van der Waals surface area contributed by atoms with Crippen LogP contribution in [0.3, 0.4) is 0 Å². The first kappa shape index (κ1) is 13.5. The van der Waals surface area contributed by atoms with Gasteiger partial charge in [-0.1, -0.05) is 6.92 Å². The van der Waals surface area contributed by atoms with E-state index in [2.05, 4.69) is 32.7 Å². The molecule has 2 heterocycles. The molecule has 1 saturated heterocycles. The molecule has 96 valence electrons. The topological polar surface area (TPSA) is 36.4 Å². The number of rotatable bonds is 3. The predicted molar refractivity (Wildman–Crippen MR) is 74.3 cm³/mol. The number of halogens is 1. The van der Waals surface area contributed by atoms with E-state index in [-0.39, 0.29) is 0 Å². The SMILES string of the molecule is CCCN1CCCC(O)(c2scnc2Br)CC1. The summed E-state index contributed by atoms with van der Waals surface area (Å²) in [6.07, 6.45) is 3.89. The summed E-state index contributed by atoms with van der Waals surface area (Å²) in [5.74, 6) is 0. The number of hydrogen-bond acceptors (Lipinski definition) is 4. The maximum Gasteiger partial charge on any atom is 0.123 e. The van der Waals surface area contributed by atoms with E-state index in [1.54, 1.807) is 16.8 Å². The summed E-state index contributed by atoms with van der Waals surface area (Å²) in [4.78, 5) is 7.63. The molecule has 1 aromatic rings.